The maximum atomic E-state index is 5.97. The molecule has 0 radical (unpaired) electrons. The molecular weight excluding hydrogens is 190 g/mol. The monoisotopic (exact) mass is 209 g/mol. The van der Waals surface area contributed by atoms with Crippen LogP contribution in [0.25, 0.3) is 0 Å². The molecule has 0 amide bonds. The van der Waals surface area contributed by atoms with Gasteiger partial charge in [-0.25, -0.2) is 9.97 Å². The molecule has 15 heavy (non-hydrogen) atoms. The zero-order chi connectivity index (χ0) is 11.3. The van der Waals surface area contributed by atoms with E-state index in [-0.39, 0.29) is 6.04 Å². The molecule has 0 spiro atoms. The van der Waals surface area contributed by atoms with Crippen molar-refractivity contribution in [3.63, 3.8) is 0 Å². The summed E-state index contributed by atoms with van der Waals surface area (Å²) in [7, 11) is 0. The van der Waals surface area contributed by atoms with Gasteiger partial charge in [0, 0.05) is 24.2 Å². The maximum absolute atomic E-state index is 5.97. The maximum Gasteiger partial charge on any atom is 0.216 e. The zero-order valence-electron chi connectivity index (χ0n) is 9.60. The van der Waals surface area contributed by atoms with Crippen molar-refractivity contribution in [2.24, 2.45) is 11.7 Å². The van der Waals surface area contributed by atoms with Gasteiger partial charge in [0.25, 0.3) is 0 Å². The van der Waals surface area contributed by atoms with E-state index in [1.165, 1.54) is 6.33 Å². The first-order chi connectivity index (χ1) is 7.13. The fraction of sp³-hybridized carbons (Fsp3) is 0.636. The number of ether oxygens (including phenoxy) is 1. The molecule has 1 rings (SSSR count). The molecule has 0 saturated carbocycles. The van der Waals surface area contributed by atoms with Gasteiger partial charge in [0.15, 0.2) is 0 Å². The lowest BCUT2D eigenvalue weighted by molar-refractivity contribution is 0.325. The molecular formula is C11H19N3O. The SMILES string of the molecule is CCOc1cc(CC(N)C(C)C)ncn1. The summed E-state index contributed by atoms with van der Waals surface area (Å²) >= 11 is 0. The second-order valence-corrected chi connectivity index (χ2v) is 3.89. The summed E-state index contributed by atoms with van der Waals surface area (Å²) in [4.78, 5) is 8.18. The molecule has 1 heterocycles. The van der Waals surface area contributed by atoms with Crippen molar-refractivity contribution in [2.45, 2.75) is 33.2 Å². The van der Waals surface area contributed by atoms with Crippen LogP contribution < -0.4 is 10.5 Å². The summed E-state index contributed by atoms with van der Waals surface area (Å²) in [5, 5.41) is 0. The van der Waals surface area contributed by atoms with Gasteiger partial charge >= 0.3 is 0 Å². The number of hydrogen-bond acceptors (Lipinski definition) is 4. The fourth-order valence-corrected chi connectivity index (χ4v) is 1.19. The zero-order valence-corrected chi connectivity index (χ0v) is 9.60. The molecule has 0 aromatic carbocycles. The van der Waals surface area contributed by atoms with Gasteiger partial charge in [0.1, 0.15) is 6.33 Å². The Kier molecular flexibility index (Phi) is 4.49. The molecule has 1 aromatic heterocycles. The largest absolute Gasteiger partial charge is 0.478 e. The molecule has 4 heteroatoms. The Hall–Kier alpha value is -1.16. The van der Waals surface area contributed by atoms with Crippen LogP contribution >= 0.6 is 0 Å². The molecule has 0 saturated heterocycles. The second-order valence-electron chi connectivity index (χ2n) is 3.89. The van der Waals surface area contributed by atoms with Gasteiger partial charge in [0.05, 0.1) is 6.61 Å². The predicted octanol–water partition coefficient (Wildman–Crippen LogP) is 1.40. The molecule has 4 nitrogen and oxygen atoms in total. The standard InChI is InChI=1S/C11H19N3O/c1-4-15-11-6-9(13-7-14-11)5-10(12)8(2)3/h6-8,10H,4-5,12H2,1-3H3. The van der Waals surface area contributed by atoms with Crippen LogP contribution in [0.15, 0.2) is 12.4 Å². The van der Waals surface area contributed by atoms with Crippen molar-refractivity contribution in [3.8, 4) is 5.88 Å². The van der Waals surface area contributed by atoms with Crippen molar-refractivity contribution < 1.29 is 4.74 Å². The third-order valence-corrected chi connectivity index (χ3v) is 2.29. The first-order valence-electron chi connectivity index (χ1n) is 5.32. The van der Waals surface area contributed by atoms with E-state index in [1.807, 2.05) is 13.0 Å². The van der Waals surface area contributed by atoms with E-state index in [0.717, 1.165) is 12.1 Å². The van der Waals surface area contributed by atoms with Crippen LogP contribution in [0, 0.1) is 5.92 Å². The van der Waals surface area contributed by atoms with E-state index in [4.69, 9.17) is 10.5 Å². The van der Waals surface area contributed by atoms with Crippen LogP contribution in [0.5, 0.6) is 5.88 Å². The van der Waals surface area contributed by atoms with E-state index in [9.17, 15) is 0 Å². The van der Waals surface area contributed by atoms with Crippen LogP contribution in [-0.4, -0.2) is 22.6 Å². The van der Waals surface area contributed by atoms with Crippen LogP contribution in [0.2, 0.25) is 0 Å². The van der Waals surface area contributed by atoms with Crippen LogP contribution in [0.1, 0.15) is 26.5 Å². The Bertz CT molecular complexity index is 302. The molecule has 2 N–H and O–H groups in total. The van der Waals surface area contributed by atoms with Gasteiger partial charge in [-0.2, -0.15) is 0 Å². The Balaban J connectivity index is 2.64. The molecule has 0 aliphatic heterocycles. The number of aromatic nitrogens is 2. The lowest BCUT2D eigenvalue weighted by Gasteiger charge is -2.14. The summed E-state index contributed by atoms with van der Waals surface area (Å²) in [6.07, 6.45) is 2.29. The minimum absolute atomic E-state index is 0.134. The van der Waals surface area contributed by atoms with Crippen molar-refractivity contribution in [3.05, 3.63) is 18.1 Å². The van der Waals surface area contributed by atoms with E-state index in [0.29, 0.717) is 18.4 Å². The van der Waals surface area contributed by atoms with Crippen molar-refractivity contribution in [1.29, 1.82) is 0 Å². The fourth-order valence-electron chi connectivity index (χ4n) is 1.19. The number of rotatable bonds is 5. The molecule has 1 atom stereocenters. The smallest absolute Gasteiger partial charge is 0.216 e. The van der Waals surface area contributed by atoms with Crippen molar-refractivity contribution in [1.82, 2.24) is 9.97 Å². The van der Waals surface area contributed by atoms with Crippen LogP contribution in [-0.2, 0) is 6.42 Å². The lowest BCUT2D eigenvalue weighted by Crippen LogP contribution is -2.29. The highest BCUT2D eigenvalue weighted by Gasteiger charge is 2.10. The Morgan fingerprint density at radius 3 is 2.73 bits per heavy atom. The van der Waals surface area contributed by atoms with Crippen molar-refractivity contribution in [2.75, 3.05) is 6.61 Å². The van der Waals surface area contributed by atoms with E-state index >= 15 is 0 Å². The highest BCUT2D eigenvalue weighted by molar-refractivity contribution is 5.14. The number of nitrogens with zero attached hydrogens (tertiary/aromatic N) is 2. The number of nitrogens with two attached hydrogens (primary N) is 1. The van der Waals surface area contributed by atoms with Gasteiger partial charge in [-0.3, -0.25) is 0 Å². The molecule has 0 bridgehead atoms. The second kappa shape index (κ2) is 5.66. The molecule has 84 valence electrons. The molecule has 1 unspecified atom stereocenters. The van der Waals surface area contributed by atoms with Gasteiger partial charge in [0.2, 0.25) is 5.88 Å². The highest BCUT2D eigenvalue weighted by atomic mass is 16.5. The van der Waals surface area contributed by atoms with E-state index in [1.54, 1.807) is 0 Å². The molecule has 0 fully saturated rings. The molecule has 0 aliphatic carbocycles. The van der Waals surface area contributed by atoms with E-state index in [2.05, 4.69) is 23.8 Å². The first kappa shape index (κ1) is 11.9. The minimum Gasteiger partial charge on any atom is -0.478 e. The summed E-state index contributed by atoms with van der Waals surface area (Å²) < 4.78 is 5.30. The molecule has 1 aromatic rings. The van der Waals surface area contributed by atoms with Crippen molar-refractivity contribution >= 4 is 0 Å². The summed E-state index contributed by atoms with van der Waals surface area (Å²) in [6.45, 7) is 6.76. The summed E-state index contributed by atoms with van der Waals surface area (Å²) in [5.41, 5.74) is 6.91. The quantitative estimate of drug-likeness (QED) is 0.796. The van der Waals surface area contributed by atoms with Gasteiger partial charge in [-0.1, -0.05) is 13.8 Å². The topological polar surface area (TPSA) is 61.0 Å². The van der Waals surface area contributed by atoms with E-state index < -0.39 is 0 Å². The summed E-state index contributed by atoms with van der Waals surface area (Å²) in [5.74, 6) is 1.08. The average Bonchev–Trinajstić information content (AvgIpc) is 2.18. The normalized spacial score (nSPS) is 12.9. The predicted molar refractivity (Wildman–Crippen MR) is 59.7 cm³/mol. The Morgan fingerprint density at radius 1 is 1.40 bits per heavy atom. The first-order valence-corrected chi connectivity index (χ1v) is 5.32. The average molecular weight is 209 g/mol. The third-order valence-electron chi connectivity index (χ3n) is 2.29. The third kappa shape index (κ3) is 3.83. The minimum atomic E-state index is 0.134. The molecule has 0 aliphatic rings. The lowest BCUT2D eigenvalue weighted by atomic mass is 10.0. The van der Waals surface area contributed by atoms with Crippen LogP contribution in [0.4, 0.5) is 0 Å². The Morgan fingerprint density at radius 2 is 2.13 bits per heavy atom. The van der Waals surface area contributed by atoms with Gasteiger partial charge in [-0.05, 0) is 12.8 Å². The number of hydrogen-bond donors (Lipinski definition) is 1. The summed E-state index contributed by atoms with van der Waals surface area (Å²) in [6, 6.07) is 1.99. The Labute approximate surface area is 90.9 Å². The highest BCUT2D eigenvalue weighted by Crippen LogP contribution is 2.10. The van der Waals surface area contributed by atoms with Gasteiger partial charge in [-0.15, -0.1) is 0 Å². The van der Waals surface area contributed by atoms with Gasteiger partial charge < -0.3 is 10.5 Å². The van der Waals surface area contributed by atoms with Crippen LogP contribution in [0.3, 0.4) is 0 Å².